The summed E-state index contributed by atoms with van der Waals surface area (Å²) in [5.74, 6) is -0.966. The molecule has 0 fully saturated rings. The Hall–Kier alpha value is -3.80. The first-order valence-corrected chi connectivity index (χ1v) is 8.78. The molecule has 0 radical (unpaired) electrons. The fourth-order valence-electron chi connectivity index (χ4n) is 3.03. The molecule has 4 rings (SSSR count). The van der Waals surface area contributed by atoms with Crippen molar-refractivity contribution in [2.75, 3.05) is 6.61 Å². The van der Waals surface area contributed by atoms with Crippen molar-refractivity contribution in [1.82, 2.24) is 15.0 Å². The number of para-hydroxylation sites is 1. The van der Waals surface area contributed by atoms with Crippen molar-refractivity contribution in [3.63, 3.8) is 0 Å². The van der Waals surface area contributed by atoms with E-state index in [1.165, 1.54) is 12.4 Å². The summed E-state index contributed by atoms with van der Waals surface area (Å²) in [5.41, 5.74) is 3.71. The van der Waals surface area contributed by atoms with Gasteiger partial charge in [0.15, 0.2) is 12.3 Å². The second kappa shape index (κ2) is 7.44. The minimum atomic E-state index is -0.679. The molecule has 138 valence electrons. The molecule has 28 heavy (non-hydrogen) atoms. The minimum absolute atomic E-state index is 0.0700. The van der Waals surface area contributed by atoms with E-state index in [0.29, 0.717) is 17.0 Å². The molecule has 6 nitrogen and oxygen atoms in total. The van der Waals surface area contributed by atoms with Gasteiger partial charge in [0.25, 0.3) is 0 Å². The Balaban J connectivity index is 1.63. The van der Waals surface area contributed by atoms with E-state index < -0.39 is 5.97 Å². The monoisotopic (exact) mass is 371 g/mol. The minimum Gasteiger partial charge on any atom is -0.453 e. The molecule has 0 spiro atoms. The van der Waals surface area contributed by atoms with Crippen molar-refractivity contribution in [2.45, 2.75) is 6.92 Å². The SMILES string of the molecule is Cc1cnc(C(=O)OCC(=O)c2c(-c3ccccc3)[nH]c3ccccc23)cn1. The maximum atomic E-state index is 13.0. The van der Waals surface area contributed by atoms with E-state index in [1.54, 1.807) is 6.92 Å². The van der Waals surface area contributed by atoms with Gasteiger partial charge in [-0.25, -0.2) is 9.78 Å². The molecular weight excluding hydrogens is 354 g/mol. The van der Waals surface area contributed by atoms with Gasteiger partial charge in [0.05, 0.1) is 23.1 Å². The molecule has 4 aromatic rings. The van der Waals surface area contributed by atoms with Crippen LogP contribution in [0.5, 0.6) is 0 Å². The number of hydrogen-bond acceptors (Lipinski definition) is 5. The maximum Gasteiger partial charge on any atom is 0.358 e. The number of aromatic nitrogens is 3. The molecule has 0 saturated heterocycles. The van der Waals surface area contributed by atoms with Crippen LogP contribution in [0.3, 0.4) is 0 Å². The molecule has 0 bridgehead atoms. The Morgan fingerprint density at radius 2 is 1.71 bits per heavy atom. The number of carbonyl (C=O) groups is 2. The third-order valence-corrected chi connectivity index (χ3v) is 4.37. The van der Waals surface area contributed by atoms with E-state index >= 15 is 0 Å². The third kappa shape index (κ3) is 3.40. The molecule has 0 aliphatic rings. The molecule has 0 amide bonds. The molecule has 0 unspecified atom stereocenters. The molecule has 1 N–H and O–H groups in total. The Labute approximate surface area is 161 Å². The molecule has 0 atom stereocenters. The van der Waals surface area contributed by atoms with Crippen molar-refractivity contribution < 1.29 is 14.3 Å². The van der Waals surface area contributed by atoms with Crippen LogP contribution < -0.4 is 0 Å². The van der Waals surface area contributed by atoms with Crippen molar-refractivity contribution in [1.29, 1.82) is 0 Å². The number of rotatable bonds is 5. The Morgan fingerprint density at radius 3 is 2.46 bits per heavy atom. The van der Waals surface area contributed by atoms with Crippen LogP contribution in [0.15, 0.2) is 67.0 Å². The number of ketones is 1. The standard InChI is InChI=1S/C22H17N3O3/c1-14-11-24-18(12-23-14)22(27)28-13-19(26)20-16-9-5-6-10-17(16)25-21(20)15-7-3-2-4-8-15/h2-12,25H,13H2,1H3. The first kappa shape index (κ1) is 17.6. The van der Waals surface area contributed by atoms with E-state index in [9.17, 15) is 9.59 Å². The fourth-order valence-corrected chi connectivity index (χ4v) is 3.03. The van der Waals surface area contributed by atoms with Crippen LogP contribution in [0.2, 0.25) is 0 Å². The highest BCUT2D eigenvalue weighted by Crippen LogP contribution is 2.30. The zero-order chi connectivity index (χ0) is 19.5. The molecule has 0 saturated carbocycles. The average Bonchev–Trinajstić information content (AvgIpc) is 3.12. The second-order valence-corrected chi connectivity index (χ2v) is 6.33. The number of nitrogens with zero attached hydrogens (tertiary/aromatic N) is 2. The number of H-pyrrole nitrogens is 1. The lowest BCUT2D eigenvalue weighted by Crippen LogP contribution is -2.16. The summed E-state index contributed by atoms with van der Waals surface area (Å²) >= 11 is 0. The highest BCUT2D eigenvalue weighted by molar-refractivity contribution is 6.14. The second-order valence-electron chi connectivity index (χ2n) is 6.33. The summed E-state index contributed by atoms with van der Waals surface area (Å²) < 4.78 is 5.19. The van der Waals surface area contributed by atoms with Crippen LogP contribution >= 0.6 is 0 Å². The van der Waals surface area contributed by atoms with Crippen LogP contribution in [-0.4, -0.2) is 33.3 Å². The van der Waals surface area contributed by atoms with Gasteiger partial charge in [0, 0.05) is 17.1 Å². The van der Waals surface area contributed by atoms with Gasteiger partial charge in [-0.05, 0) is 18.6 Å². The molecule has 0 aliphatic heterocycles. The summed E-state index contributed by atoms with van der Waals surface area (Å²) in [6, 6.07) is 17.1. The molecule has 0 aliphatic carbocycles. The average molecular weight is 371 g/mol. The first-order chi connectivity index (χ1) is 13.6. The number of carbonyl (C=O) groups excluding carboxylic acids is 2. The lowest BCUT2D eigenvalue weighted by Gasteiger charge is -2.06. The number of nitrogens with one attached hydrogen (secondary N) is 1. The van der Waals surface area contributed by atoms with Gasteiger partial charge in [0.2, 0.25) is 5.78 Å². The highest BCUT2D eigenvalue weighted by atomic mass is 16.5. The van der Waals surface area contributed by atoms with Gasteiger partial charge in [-0.3, -0.25) is 9.78 Å². The lowest BCUT2D eigenvalue weighted by atomic mass is 10.0. The lowest BCUT2D eigenvalue weighted by molar-refractivity contribution is 0.0469. The Morgan fingerprint density at radius 1 is 0.964 bits per heavy atom. The zero-order valence-corrected chi connectivity index (χ0v) is 15.2. The molecule has 2 aromatic carbocycles. The molecular formula is C22H17N3O3. The molecule has 2 aromatic heterocycles. The topological polar surface area (TPSA) is 84.9 Å². The summed E-state index contributed by atoms with van der Waals surface area (Å²) in [6.45, 7) is 1.39. The summed E-state index contributed by atoms with van der Waals surface area (Å²) in [4.78, 5) is 36.4. The van der Waals surface area contributed by atoms with Crippen molar-refractivity contribution in [3.8, 4) is 11.3 Å². The van der Waals surface area contributed by atoms with Crippen molar-refractivity contribution in [3.05, 3.63) is 83.9 Å². The number of esters is 1. The van der Waals surface area contributed by atoms with Gasteiger partial charge in [-0.15, -0.1) is 0 Å². The van der Waals surface area contributed by atoms with E-state index in [4.69, 9.17) is 4.74 Å². The molecule has 6 heteroatoms. The van der Waals surface area contributed by atoms with Gasteiger partial charge in [0.1, 0.15) is 0 Å². The summed E-state index contributed by atoms with van der Waals surface area (Å²) in [6.07, 6.45) is 2.81. The number of hydrogen-bond donors (Lipinski definition) is 1. The Kier molecular flexibility index (Phi) is 4.68. The zero-order valence-electron chi connectivity index (χ0n) is 15.2. The number of Topliss-reactive ketones (excluding diaryl/α,β-unsaturated/α-hetero) is 1. The van der Waals surface area contributed by atoms with E-state index in [1.807, 2.05) is 54.6 Å². The predicted molar refractivity (Wildman–Crippen MR) is 105 cm³/mol. The van der Waals surface area contributed by atoms with E-state index in [0.717, 1.165) is 16.5 Å². The summed E-state index contributed by atoms with van der Waals surface area (Å²) in [5, 5.41) is 0.789. The summed E-state index contributed by atoms with van der Waals surface area (Å²) in [7, 11) is 0. The van der Waals surface area contributed by atoms with Crippen LogP contribution in [0, 0.1) is 6.92 Å². The highest BCUT2D eigenvalue weighted by Gasteiger charge is 2.21. The van der Waals surface area contributed by atoms with E-state index in [2.05, 4.69) is 15.0 Å². The van der Waals surface area contributed by atoms with Crippen LogP contribution in [0.1, 0.15) is 26.5 Å². The van der Waals surface area contributed by atoms with Crippen molar-refractivity contribution in [2.24, 2.45) is 0 Å². The predicted octanol–water partition coefficient (Wildman–Crippen LogP) is 3.97. The van der Waals surface area contributed by atoms with Crippen molar-refractivity contribution >= 4 is 22.7 Å². The maximum absolute atomic E-state index is 13.0. The van der Waals surface area contributed by atoms with E-state index in [-0.39, 0.29) is 18.1 Å². The number of aromatic amines is 1. The Bertz CT molecular complexity index is 1150. The number of ether oxygens (including phenoxy) is 1. The smallest absolute Gasteiger partial charge is 0.358 e. The number of benzene rings is 2. The van der Waals surface area contributed by atoms with Gasteiger partial charge in [-0.1, -0.05) is 48.5 Å². The quantitative estimate of drug-likeness (QED) is 0.424. The normalized spacial score (nSPS) is 10.8. The fraction of sp³-hybridized carbons (Fsp3) is 0.0909. The van der Waals surface area contributed by atoms with Crippen LogP contribution in [-0.2, 0) is 4.74 Å². The van der Waals surface area contributed by atoms with Gasteiger partial charge < -0.3 is 9.72 Å². The van der Waals surface area contributed by atoms with Crippen LogP contribution in [0.4, 0.5) is 0 Å². The number of aryl methyl sites for hydroxylation is 1. The van der Waals surface area contributed by atoms with Gasteiger partial charge in [-0.2, -0.15) is 0 Å². The number of fused-ring (bicyclic) bond motifs is 1. The third-order valence-electron chi connectivity index (χ3n) is 4.37. The largest absolute Gasteiger partial charge is 0.453 e. The first-order valence-electron chi connectivity index (χ1n) is 8.78. The van der Waals surface area contributed by atoms with Crippen LogP contribution in [0.25, 0.3) is 22.2 Å². The molecule has 2 heterocycles. The van der Waals surface area contributed by atoms with Gasteiger partial charge >= 0.3 is 5.97 Å².